The summed E-state index contributed by atoms with van der Waals surface area (Å²) in [6, 6.07) is 5.50. The molecule has 0 radical (unpaired) electrons. The lowest BCUT2D eigenvalue weighted by molar-refractivity contribution is 0.0848. The second-order valence-corrected chi connectivity index (χ2v) is 7.93. The van der Waals surface area contributed by atoms with Crippen LogP contribution < -0.4 is 5.56 Å². The predicted molar refractivity (Wildman–Crippen MR) is 107 cm³/mol. The summed E-state index contributed by atoms with van der Waals surface area (Å²) in [5, 5.41) is 10.8. The number of carboxylic acid groups (broad SMARTS) is 1. The molecule has 1 aliphatic heterocycles. The fourth-order valence-electron chi connectivity index (χ4n) is 4.95. The Morgan fingerprint density at radius 2 is 1.93 bits per heavy atom. The van der Waals surface area contributed by atoms with Crippen LogP contribution in [-0.2, 0) is 30.7 Å². The molecule has 1 N–H and O–H groups in total. The fraction of sp³-hybridized carbons (Fsp3) is 0.304. The lowest BCUT2D eigenvalue weighted by Gasteiger charge is -2.22. The van der Waals surface area contributed by atoms with Gasteiger partial charge in [0.25, 0.3) is 5.56 Å². The summed E-state index contributed by atoms with van der Waals surface area (Å²) >= 11 is 0. The summed E-state index contributed by atoms with van der Waals surface area (Å²) in [5.41, 5.74) is 6.72. The molecule has 148 valence electrons. The fourth-order valence-corrected chi connectivity index (χ4v) is 4.95. The van der Waals surface area contributed by atoms with Crippen molar-refractivity contribution in [3.63, 3.8) is 0 Å². The standard InChI is InChI=1S/C23H20FNO4/c1-11-6-20-16-7-13-8-19(24)12(2)14-4-3-5-15(21(13)14)17(16)9-25(20)22(26)18(11)10-29-23(27)28/h6-8H,3-5,9-10H2,1-2H3,(H,27,28). The second kappa shape index (κ2) is 6.17. The number of nitrogens with zero attached hydrogens (tertiary/aromatic N) is 1. The van der Waals surface area contributed by atoms with Gasteiger partial charge in [0, 0.05) is 5.56 Å². The highest BCUT2D eigenvalue weighted by molar-refractivity contribution is 5.96. The van der Waals surface area contributed by atoms with Gasteiger partial charge in [-0.3, -0.25) is 4.79 Å². The Labute approximate surface area is 166 Å². The van der Waals surface area contributed by atoms with Gasteiger partial charge in [0.15, 0.2) is 0 Å². The summed E-state index contributed by atoms with van der Waals surface area (Å²) in [6.07, 6.45) is 1.34. The van der Waals surface area contributed by atoms with Crippen molar-refractivity contribution in [3.05, 3.63) is 67.8 Å². The number of benzene rings is 2. The molecule has 1 aliphatic carbocycles. The molecule has 2 aromatic carbocycles. The number of aromatic nitrogens is 1. The quantitative estimate of drug-likeness (QED) is 0.510. The van der Waals surface area contributed by atoms with Gasteiger partial charge in [-0.05, 0) is 89.9 Å². The van der Waals surface area contributed by atoms with Gasteiger partial charge in [0.1, 0.15) is 12.4 Å². The van der Waals surface area contributed by atoms with Crippen LogP contribution in [0.3, 0.4) is 0 Å². The van der Waals surface area contributed by atoms with E-state index in [1.165, 1.54) is 5.56 Å². The zero-order valence-corrected chi connectivity index (χ0v) is 16.3. The topological polar surface area (TPSA) is 68.5 Å². The van der Waals surface area contributed by atoms with E-state index in [1.54, 1.807) is 17.6 Å². The molecule has 0 fully saturated rings. The number of pyridine rings is 1. The minimum absolute atomic E-state index is 0.187. The summed E-state index contributed by atoms with van der Waals surface area (Å²) < 4.78 is 20.8. The minimum atomic E-state index is -1.40. The van der Waals surface area contributed by atoms with Gasteiger partial charge in [0.05, 0.1) is 17.8 Å². The highest BCUT2D eigenvalue weighted by Gasteiger charge is 2.29. The van der Waals surface area contributed by atoms with Crippen molar-refractivity contribution < 1.29 is 19.0 Å². The maximum absolute atomic E-state index is 14.5. The Kier molecular flexibility index (Phi) is 3.81. The monoisotopic (exact) mass is 393 g/mol. The molecule has 2 heterocycles. The Morgan fingerprint density at radius 3 is 2.69 bits per heavy atom. The molecule has 6 heteroatoms. The number of hydrogen-bond acceptors (Lipinski definition) is 3. The van der Waals surface area contributed by atoms with Crippen LogP contribution in [0, 0.1) is 19.7 Å². The van der Waals surface area contributed by atoms with Crippen molar-refractivity contribution in [1.29, 1.82) is 0 Å². The van der Waals surface area contributed by atoms with Crippen molar-refractivity contribution >= 4 is 16.9 Å². The van der Waals surface area contributed by atoms with Crippen molar-refractivity contribution in [2.75, 3.05) is 0 Å². The molecule has 29 heavy (non-hydrogen) atoms. The van der Waals surface area contributed by atoms with E-state index in [0.29, 0.717) is 17.7 Å². The summed E-state index contributed by atoms with van der Waals surface area (Å²) in [5.74, 6) is -0.187. The molecule has 0 bridgehead atoms. The summed E-state index contributed by atoms with van der Waals surface area (Å²) in [7, 11) is 0. The Morgan fingerprint density at radius 1 is 1.17 bits per heavy atom. The Bertz CT molecular complexity index is 1290. The van der Waals surface area contributed by atoms with E-state index < -0.39 is 6.16 Å². The van der Waals surface area contributed by atoms with Gasteiger partial charge >= 0.3 is 6.16 Å². The molecule has 0 spiro atoms. The molecule has 0 saturated heterocycles. The van der Waals surface area contributed by atoms with Gasteiger partial charge in [-0.2, -0.15) is 0 Å². The zero-order valence-electron chi connectivity index (χ0n) is 16.3. The molecule has 0 saturated carbocycles. The van der Waals surface area contributed by atoms with E-state index in [9.17, 15) is 14.0 Å². The second-order valence-electron chi connectivity index (χ2n) is 7.93. The zero-order chi connectivity index (χ0) is 20.4. The van der Waals surface area contributed by atoms with Crippen molar-refractivity contribution in [1.82, 2.24) is 4.57 Å². The van der Waals surface area contributed by atoms with Crippen LogP contribution in [0.5, 0.6) is 0 Å². The van der Waals surface area contributed by atoms with Crippen LogP contribution in [0.15, 0.2) is 23.0 Å². The average Bonchev–Trinajstić information content (AvgIpc) is 3.04. The maximum atomic E-state index is 14.5. The van der Waals surface area contributed by atoms with Crippen molar-refractivity contribution in [2.45, 2.75) is 46.3 Å². The SMILES string of the molecule is Cc1cc2n(c(=O)c1COC(=O)O)Cc1c-2cc2cc(F)c(C)c3c2c1CCC3. The highest BCUT2D eigenvalue weighted by Crippen LogP contribution is 2.42. The highest BCUT2D eigenvalue weighted by atomic mass is 19.1. The van der Waals surface area contributed by atoms with Gasteiger partial charge in [0.2, 0.25) is 0 Å². The molecule has 0 unspecified atom stereocenters. The smallest absolute Gasteiger partial charge is 0.450 e. The Hall–Kier alpha value is -3.15. The molecule has 0 atom stereocenters. The molecular formula is C23H20FNO4. The lowest BCUT2D eigenvalue weighted by atomic mass is 9.82. The van der Waals surface area contributed by atoms with Gasteiger partial charge < -0.3 is 14.4 Å². The van der Waals surface area contributed by atoms with Crippen LogP contribution in [0.4, 0.5) is 9.18 Å². The van der Waals surface area contributed by atoms with Crippen molar-refractivity contribution in [3.8, 4) is 11.3 Å². The first kappa shape index (κ1) is 17.9. The van der Waals surface area contributed by atoms with E-state index in [1.807, 2.05) is 19.1 Å². The molecule has 3 aromatic rings. The first-order valence-corrected chi connectivity index (χ1v) is 9.72. The molecule has 5 rings (SSSR count). The molecular weight excluding hydrogens is 373 g/mol. The van der Waals surface area contributed by atoms with E-state index >= 15 is 0 Å². The molecule has 0 amide bonds. The number of hydrogen-bond donors (Lipinski definition) is 1. The van der Waals surface area contributed by atoms with Gasteiger partial charge in [-0.15, -0.1) is 0 Å². The molecule has 1 aromatic heterocycles. The largest absolute Gasteiger partial charge is 0.506 e. The normalized spacial score (nSPS) is 14.0. The van der Waals surface area contributed by atoms with Crippen LogP contribution >= 0.6 is 0 Å². The maximum Gasteiger partial charge on any atom is 0.506 e. The third kappa shape index (κ3) is 2.51. The third-order valence-corrected chi connectivity index (χ3v) is 6.38. The average molecular weight is 393 g/mol. The van der Waals surface area contributed by atoms with Crippen LogP contribution in [-0.4, -0.2) is 15.8 Å². The summed E-state index contributed by atoms with van der Waals surface area (Å²) in [6.45, 7) is 3.81. The molecule has 2 aliphatic rings. The number of aryl methyl sites for hydroxylation is 3. The Balaban J connectivity index is 1.75. The van der Waals surface area contributed by atoms with Crippen LogP contribution in [0.2, 0.25) is 0 Å². The van der Waals surface area contributed by atoms with Crippen molar-refractivity contribution in [2.24, 2.45) is 0 Å². The molecule has 5 nitrogen and oxygen atoms in total. The van der Waals surface area contributed by atoms with Crippen LogP contribution in [0.25, 0.3) is 22.0 Å². The van der Waals surface area contributed by atoms with Gasteiger partial charge in [-0.1, -0.05) is 0 Å². The minimum Gasteiger partial charge on any atom is -0.450 e. The van der Waals surface area contributed by atoms with Gasteiger partial charge in [-0.25, -0.2) is 9.18 Å². The number of fused-ring (bicyclic) bond motifs is 4. The number of halogens is 1. The lowest BCUT2D eigenvalue weighted by Crippen LogP contribution is -2.25. The first-order valence-electron chi connectivity index (χ1n) is 9.72. The van der Waals surface area contributed by atoms with Crippen LogP contribution in [0.1, 0.15) is 39.8 Å². The van der Waals surface area contributed by atoms with E-state index in [0.717, 1.165) is 58.0 Å². The van der Waals surface area contributed by atoms with E-state index in [2.05, 4.69) is 4.74 Å². The predicted octanol–water partition coefficient (Wildman–Crippen LogP) is 4.47. The van der Waals surface area contributed by atoms with E-state index in [4.69, 9.17) is 5.11 Å². The van der Waals surface area contributed by atoms with E-state index in [-0.39, 0.29) is 18.0 Å². The first-order chi connectivity index (χ1) is 13.9. The number of rotatable bonds is 2. The number of ether oxygens (including phenoxy) is 1. The number of carbonyl (C=O) groups is 1. The third-order valence-electron chi connectivity index (χ3n) is 6.38. The summed E-state index contributed by atoms with van der Waals surface area (Å²) in [4.78, 5) is 23.8.